The maximum Gasteiger partial charge on any atom is 0.424 e. The molecule has 0 saturated heterocycles. The highest BCUT2D eigenvalue weighted by atomic mass is 16.6. The van der Waals surface area contributed by atoms with E-state index in [1.807, 2.05) is 31.2 Å². The third-order valence-electron chi connectivity index (χ3n) is 5.26. The maximum atomic E-state index is 13.2. The molecule has 0 fully saturated rings. The second-order valence-electron chi connectivity index (χ2n) is 11.1. The molecule has 0 aliphatic rings. The number of aromatic nitrogens is 2. The number of carbonyl (C=O) groups excluding carboxylic acids is 2. The van der Waals surface area contributed by atoms with Crippen LogP contribution in [0.15, 0.2) is 48.7 Å². The van der Waals surface area contributed by atoms with Crippen LogP contribution in [0, 0.1) is 13.8 Å². The average molecular weight is 536 g/mol. The lowest BCUT2D eigenvalue weighted by molar-refractivity contribution is 0.0430. The Hall–Kier alpha value is -4.14. The first-order chi connectivity index (χ1) is 18.2. The number of rotatable bonds is 6. The Labute approximate surface area is 230 Å². The van der Waals surface area contributed by atoms with Crippen LogP contribution in [0.5, 0.6) is 11.5 Å². The Morgan fingerprint density at radius 2 is 1.46 bits per heavy atom. The van der Waals surface area contributed by atoms with Gasteiger partial charge in [-0.15, -0.1) is 0 Å². The summed E-state index contributed by atoms with van der Waals surface area (Å²) in [5.74, 6) is 1.32. The molecule has 0 aliphatic carbocycles. The van der Waals surface area contributed by atoms with E-state index in [4.69, 9.17) is 18.9 Å². The van der Waals surface area contributed by atoms with E-state index in [1.54, 1.807) is 80.0 Å². The summed E-state index contributed by atoms with van der Waals surface area (Å²) in [4.78, 5) is 36.4. The predicted octanol–water partition coefficient (Wildman–Crippen LogP) is 7.02. The van der Waals surface area contributed by atoms with Crippen LogP contribution in [0.2, 0.25) is 0 Å². The van der Waals surface area contributed by atoms with Crippen molar-refractivity contribution >= 4 is 17.9 Å². The molecule has 2 heterocycles. The molecule has 2 amide bonds. The van der Waals surface area contributed by atoms with Gasteiger partial charge in [-0.05, 0) is 91.3 Å². The summed E-state index contributed by atoms with van der Waals surface area (Å²) in [5, 5.41) is 0. The molecule has 0 spiro atoms. The second-order valence-corrected chi connectivity index (χ2v) is 11.1. The number of benzene rings is 1. The van der Waals surface area contributed by atoms with E-state index in [0.29, 0.717) is 35.0 Å². The minimum Gasteiger partial charge on any atom is -0.497 e. The van der Waals surface area contributed by atoms with Gasteiger partial charge >= 0.3 is 12.2 Å². The third-order valence-corrected chi connectivity index (χ3v) is 5.26. The molecule has 0 unspecified atom stereocenters. The van der Waals surface area contributed by atoms with Crippen LogP contribution in [-0.2, 0) is 16.1 Å². The number of nitrogens with zero attached hydrogens (tertiary/aromatic N) is 3. The normalized spacial score (nSPS) is 11.5. The summed E-state index contributed by atoms with van der Waals surface area (Å²) in [6.07, 6.45) is -0.0496. The number of aryl methyl sites for hydroxylation is 2. The Kier molecular flexibility index (Phi) is 8.84. The molecule has 0 saturated carbocycles. The van der Waals surface area contributed by atoms with E-state index in [1.165, 1.54) is 0 Å². The summed E-state index contributed by atoms with van der Waals surface area (Å²) in [6, 6.07) is 12.6. The number of hydrogen-bond donors (Lipinski definition) is 0. The van der Waals surface area contributed by atoms with Crippen LogP contribution >= 0.6 is 0 Å². The summed E-state index contributed by atoms with van der Waals surface area (Å²) in [7, 11) is 1.62. The third kappa shape index (κ3) is 8.17. The largest absolute Gasteiger partial charge is 0.497 e. The van der Waals surface area contributed by atoms with Crippen molar-refractivity contribution in [3.63, 3.8) is 0 Å². The molecule has 0 atom stereocenters. The minimum absolute atomic E-state index is 0.255. The smallest absolute Gasteiger partial charge is 0.424 e. The number of carbonyl (C=O) groups is 2. The van der Waals surface area contributed by atoms with Gasteiger partial charge in [-0.1, -0.05) is 12.1 Å². The van der Waals surface area contributed by atoms with Gasteiger partial charge in [0.15, 0.2) is 0 Å². The van der Waals surface area contributed by atoms with Crippen LogP contribution in [0.3, 0.4) is 0 Å². The number of imide groups is 1. The van der Waals surface area contributed by atoms with E-state index >= 15 is 0 Å². The second kappa shape index (κ2) is 11.7. The minimum atomic E-state index is -0.854. The van der Waals surface area contributed by atoms with E-state index in [2.05, 4.69) is 9.97 Å². The highest BCUT2D eigenvalue weighted by molar-refractivity contribution is 6.09. The van der Waals surface area contributed by atoms with Crippen LogP contribution < -0.4 is 14.4 Å². The van der Waals surface area contributed by atoms with Gasteiger partial charge in [0, 0.05) is 11.9 Å². The van der Waals surface area contributed by atoms with Gasteiger partial charge in [0.05, 0.1) is 29.7 Å². The lowest BCUT2D eigenvalue weighted by atomic mass is 10.1. The molecule has 0 N–H and O–H groups in total. The molecule has 0 aliphatic heterocycles. The monoisotopic (exact) mass is 535 g/mol. The first-order valence-corrected chi connectivity index (χ1v) is 12.6. The maximum absolute atomic E-state index is 13.2. The Morgan fingerprint density at radius 3 is 2.00 bits per heavy atom. The van der Waals surface area contributed by atoms with Gasteiger partial charge in [0.1, 0.15) is 29.3 Å². The molecule has 3 aromatic rings. The molecule has 2 aromatic heterocycles. The quantitative estimate of drug-likeness (QED) is 0.332. The number of anilines is 1. The fourth-order valence-electron chi connectivity index (χ4n) is 3.67. The number of pyridine rings is 2. The van der Waals surface area contributed by atoms with Crippen LogP contribution in [-0.4, -0.2) is 40.5 Å². The van der Waals surface area contributed by atoms with Crippen molar-refractivity contribution in [1.29, 1.82) is 0 Å². The number of hydrogen-bond acceptors (Lipinski definition) is 8. The SMILES string of the molecule is COc1ccc(COc2ccnc(C)c2-c2cc(N(C(=O)OC(C)(C)C)C(=O)OC(C)(C)C)cc(C)n2)cc1. The molecular weight excluding hydrogens is 498 g/mol. The van der Waals surface area contributed by atoms with Crippen LogP contribution in [0.4, 0.5) is 15.3 Å². The zero-order chi connectivity index (χ0) is 29.0. The Morgan fingerprint density at radius 1 is 0.872 bits per heavy atom. The highest BCUT2D eigenvalue weighted by Crippen LogP contribution is 2.34. The van der Waals surface area contributed by atoms with Gasteiger partial charge < -0.3 is 18.9 Å². The summed E-state index contributed by atoms with van der Waals surface area (Å²) >= 11 is 0. The number of amides is 2. The summed E-state index contributed by atoms with van der Waals surface area (Å²) < 4.78 is 22.5. The zero-order valence-electron chi connectivity index (χ0n) is 24.1. The fraction of sp³-hybridized carbons (Fsp3) is 0.400. The topological polar surface area (TPSA) is 100 Å². The molecule has 9 heteroatoms. The van der Waals surface area contributed by atoms with Crippen molar-refractivity contribution in [2.75, 3.05) is 12.0 Å². The van der Waals surface area contributed by atoms with Crippen molar-refractivity contribution in [2.24, 2.45) is 0 Å². The van der Waals surface area contributed by atoms with Gasteiger partial charge in [-0.25, -0.2) is 9.59 Å². The van der Waals surface area contributed by atoms with E-state index in [9.17, 15) is 9.59 Å². The highest BCUT2D eigenvalue weighted by Gasteiger charge is 2.33. The van der Waals surface area contributed by atoms with E-state index in [0.717, 1.165) is 16.2 Å². The lowest BCUT2D eigenvalue weighted by Crippen LogP contribution is -2.43. The molecule has 208 valence electrons. The van der Waals surface area contributed by atoms with Crippen molar-refractivity contribution in [2.45, 2.75) is 73.2 Å². The number of ether oxygens (including phenoxy) is 4. The van der Waals surface area contributed by atoms with Crippen LogP contribution in [0.25, 0.3) is 11.3 Å². The van der Waals surface area contributed by atoms with Gasteiger partial charge in [0.2, 0.25) is 0 Å². The molecule has 0 bridgehead atoms. The first kappa shape index (κ1) is 29.4. The molecule has 9 nitrogen and oxygen atoms in total. The van der Waals surface area contributed by atoms with Gasteiger partial charge in [-0.3, -0.25) is 9.97 Å². The molecule has 3 rings (SSSR count). The standard InChI is InChI=1S/C30H37N3O6/c1-19-16-22(33(27(34)38-29(3,4)5)28(35)39-30(6,7)8)17-24(32-19)26-20(2)31-15-14-25(26)37-18-21-10-12-23(36-9)13-11-21/h10-17H,18H2,1-9H3. The summed E-state index contributed by atoms with van der Waals surface area (Å²) in [5.41, 5.74) is 1.92. The van der Waals surface area contributed by atoms with Crippen molar-refractivity contribution in [3.8, 4) is 22.8 Å². The summed E-state index contributed by atoms with van der Waals surface area (Å²) in [6.45, 7) is 14.3. The predicted molar refractivity (Wildman–Crippen MR) is 149 cm³/mol. The van der Waals surface area contributed by atoms with Gasteiger partial charge in [0.25, 0.3) is 0 Å². The van der Waals surface area contributed by atoms with Crippen molar-refractivity contribution < 1.29 is 28.5 Å². The molecule has 1 aromatic carbocycles. The molecular formula is C30H37N3O6. The molecule has 39 heavy (non-hydrogen) atoms. The lowest BCUT2D eigenvalue weighted by Gasteiger charge is -2.29. The van der Waals surface area contributed by atoms with Crippen molar-refractivity contribution in [1.82, 2.24) is 9.97 Å². The van der Waals surface area contributed by atoms with Gasteiger partial charge in [-0.2, -0.15) is 4.90 Å². The fourth-order valence-corrected chi connectivity index (χ4v) is 3.67. The first-order valence-electron chi connectivity index (χ1n) is 12.6. The van der Waals surface area contributed by atoms with Crippen LogP contribution in [0.1, 0.15) is 58.5 Å². The average Bonchev–Trinajstić information content (AvgIpc) is 2.80. The number of methoxy groups -OCH3 is 1. The Bertz CT molecular complexity index is 1300. The van der Waals surface area contributed by atoms with Crippen molar-refractivity contribution in [3.05, 3.63) is 65.6 Å². The van der Waals surface area contributed by atoms with E-state index < -0.39 is 23.4 Å². The Balaban J connectivity index is 2.04. The zero-order valence-corrected chi connectivity index (χ0v) is 24.1. The van der Waals surface area contributed by atoms with E-state index in [-0.39, 0.29) is 5.69 Å². The molecule has 0 radical (unpaired) electrons.